The zero-order chi connectivity index (χ0) is 17.6. The van der Waals surface area contributed by atoms with Gasteiger partial charge in [0.15, 0.2) is 0 Å². The number of piperidine rings is 2. The molecular weight excluding hydrogens is 320 g/mol. The Morgan fingerprint density at radius 1 is 0.615 bits per heavy atom. The van der Waals surface area contributed by atoms with Gasteiger partial charge >= 0.3 is 0 Å². The van der Waals surface area contributed by atoms with Crippen LogP contribution in [0.4, 0.5) is 11.4 Å². The second-order valence-electron chi connectivity index (χ2n) is 7.47. The molecular formula is C22H28N4. The molecule has 136 valence electrons. The van der Waals surface area contributed by atoms with Gasteiger partial charge in [-0.15, -0.1) is 0 Å². The van der Waals surface area contributed by atoms with Crippen molar-refractivity contribution in [1.82, 2.24) is 10.6 Å². The van der Waals surface area contributed by atoms with Crippen molar-refractivity contribution in [3.63, 3.8) is 0 Å². The van der Waals surface area contributed by atoms with Crippen molar-refractivity contribution < 1.29 is 0 Å². The maximum atomic E-state index is 4.40. The smallest absolute Gasteiger partial charge is 0.0857 e. The van der Waals surface area contributed by atoms with Crippen molar-refractivity contribution in [3.05, 3.63) is 59.7 Å². The van der Waals surface area contributed by atoms with Crippen molar-refractivity contribution in [1.29, 1.82) is 0 Å². The standard InChI is InChI=1S/C22H28N4/c1-3-19(15-23-13-1)17-5-9-21(10-6-17)25-26-22-11-7-18(8-12-22)20-4-2-14-24-16-20/h5-12,19-20,23-24H,1-4,13-16H2. The van der Waals surface area contributed by atoms with E-state index in [1.165, 1.54) is 36.8 Å². The van der Waals surface area contributed by atoms with E-state index in [0.29, 0.717) is 11.8 Å². The molecule has 0 radical (unpaired) electrons. The second kappa shape index (κ2) is 8.56. The van der Waals surface area contributed by atoms with Gasteiger partial charge in [0.2, 0.25) is 0 Å². The molecule has 2 unspecified atom stereocenters. The lowest BCUT2D eigenvalue weighted by Crippen LogP contribution is -2.28. The highest BCUT2D eigenvalue weighted by Crippen LogP contribution is 2.27. The van der Waals surface area contributed by atoms with Crippen molar-refractivity contribution in [3.8, 4) is 0 Å². The molecule has 2 atom stereocenters. The van der Waals surface area contributed by atoms with Crippen LogP contribution < -0.4 is 10.6 Å². The van der Waals surface area contributed by atoms with Crippen LogP contribution in [-0.4, -0.2) is 26.2 Å². The number of hydrogen-bond donors (Lipinski definition) is 2. The number of rotatable bonds is 4. The SMILES string of the molecule is c1cc(C2CCCNC2)ccc1N=Nc1ccc(C2CCCNC2)cc1. The number of hydrogen-bond acceptors (Lipinski definition) is 4. The Bertz CT molecular complexity index is 645. The van der Waals surface area contributed by atoms with Gasteiger partial charge in [-0.25, -0.2) is 0 Å². The van der Waals surface area contributed by atoms with Gasteiger partial charge in [-0.2, -0.15) is 10.2 Å². The summed E-state index contributed by atoms with van der Waals surface area (Å²) >= 11 is 0. The largest absolute Gasteiger partial charge is 0.316 e. The third kappa shape index (κ3) is 4.37. The van der Waals surface area contributed by atoms with Crippen molar-refractivity contribution in [2.45, 2.75) is 37.5 Å². The number of nitrogens with zero attached hydrogens (tertiary/aromatic N) is 2. The molecule has 2 aliphatic heterocycles. The summed E-state index contributed by atoms with van der Waals surface area (Å²) in [5, 5.41) is 15.8. The van der Waals surface area contributed by atoms with Gasteiger partial charge in [0.25, 0.3) is 0 Å². The molecule has 2 fully saturated rings. The summed E-state index contributed by atoms with van der Waals surface area (Å²) < 4.78 is 0. The molecule has 0 aliphatic carbocycles. The first kappa shape index (κ1) is 17.4. The molecule has 0 spiro atoms. The fourth-order valence-electron chi connectivity index (χ4n) is 4.01. The zero-order valence-electron chi connectivity index (χ0n) is 15.3. The molecule has 2 heterocycles. The molecule has 2 aliphatic rings. The van der Waals surface area contributed by atoms with Crippen LogP contribution in [0.1, 0.15) is 48.6 Å². The Kier molecular flexibility index (Phi) is 5.72. The van der Waals surface area contributed by atoms with E-state index in [1.54, 1.807) is 0 Å². The van der Waals surface area contributed by atoms with E-state index in [9.17, 15) is 0 Å². The highest BCUT2D eigenvalue weighted by Gasteiger charge is 2.15. The predicted octanol–water partition coefficient (Wildman–Crippen LogP) is 5.04. The van der Waals surface area contributed by atoms with E-state index in [2.05, 4.69) is 69.4 Å². The average Bonchev–Trinajstić information content (AvgIpc) is 2.74. The van der Waals surface area contributed by atoms with E-state index < -0.39 is 0 Å². The summed E-state index contributed by atoms with van der Waals surface area (Å²) in [6, 6.07) is 17.1. The van der Waals surface area contributed by atoms with Crippen LogP contribution in [0.25, 0.3) is 0 Å². The summed E-state index contributed by atoms with van der Waals surface area (Å²) in [6.07, 6.45) is 5.07. The molecule has 0 aromatic heterocycles. The summed E-state index contributed by atoms with van der Waals surface area (Å²) in [6.45, 7) is 4.48. The van der Waals surface area contributed by atoms with Gasteiger partial charge in [-0.05, 0) is 86.0 Å². The molecule has 4 heteroatoms. The Balaban J connectivity index is 1.37. The van der Waals surface area contributed by atoms with E-state index in [0.717, 1.165) is 37.6 Å². The minimum Gasteiger partial charge on any atom is -0.316 e. The molecule has 4 rings (SSSR count). The fraction of sp³-hybridized carbons (Fsp3) is 0.455. The highest BCUT2D eigenvalue weighted by atomic mass is 15.1. The Morgan fingerprint density at radius 2 is 1.04 bits per heavy atom. The number of azo groups is 1. The Morgan fingerprint density at radius 3 is 1.38 bits per heavy atom. The van der Waals surface area contributed by atoms with Crippen LogP contribution in [0.5, 0.6) is 0 Å². The van der Waals surface area contributed by atoms with Crippen molar-refractivity contribution >= 4 is 11.4 Å². The van der Waals surface area contributed by atoms with Gasteiger partial charge in [0.05, 0.1) is 11.4 Å². The third-order valence-electron chi connectivity index (χ3n) is 5.60. The molecule has 0 saturated carbocycles. The maximum Gasteiger partial charge on any atom is 0.0857 e. The van der Waals surface area contributed by atoms with Crippen LogP contribution in [0.2, 0.25) is 0 Å². The van der Waals surface area contributed by atoms with Crippen molar-refractivity contribution in [2.75, 3.05) is 26.2 Å². The van der Waals surface area contributed by atoms with E-state index >= 15 is 0 Å². The molecule has 2 saturated heterocycles. The van der Waals surface area contributed by atoms with Crippen LogP contribution in [-0.2, 0) is 0 Å². The quantitative estimate of drug-likeness (QED) is 0.761. The van der Waals surface area contributed by atoms with Gasteiger partial charge in [0.1, 0.15) is 0 Å². The molecule has 0 amide bonds. The maximum absolute atomic E-state index is 4.40. The average molecular weight is 348 g/mol. The Labute approximate surface area is 156 Å². The first-order valence-corrected chi connectivity index (χ1v) is 9.91. The molecule has 0 bridgehead atoms. The first-order valence-electron chi connectivity index (χ1n) is 9.91. The number of benzene rings is 2. The summed E-state index contributed by atoms with van der Waals surface area (Å²) in [4.78, 5) is 0. The zero-order valence-corrected chi connectivity index (χ0v) is 15.3. The lowest BCUT2D eigenvalue weighted by atomic mass is 9.92. The lowest BCUT2D eigenvalue weighted by Gasteiger charge is -2.23. The van der Waals surface area contributed by atoms with Gasteiger partial charge in [-0.3, -0.25) is 0 Å². The molecule has 2 aromatic carbocycles. The van der Waals surface area contributed by atoms with Gasteiger partial charge < -0.3 is 10.6 Å². The molecule has 2 aromatic rings. The minimum absolute atomic E-state index is 0.636. The third-order valence-corrected chi connectivity index (χ3v) is 5.60. The number of nitrogens with one attached hydrogen (secondary N) is 2. The van der Waals surface area contributed by atoms with Crippen LogP contribution >= 0.6 is 0 Å². The van der Waals surface area contributed by atoms with Crippen LogP contribution in [0.3, 0.4) is 0 Å². The van der Waals surface area contributed by atoms with E-state index in [1.807, 2.05) is 0 Å². The van der Waals surface area contributed by atoms with Gasteiger partial charge in [0, 0.05) is 13.1 Å². The molecule has 2 N–H and O–H groups in total. The topological polar surface area (TPSA) is 48.8 Å². The van der Waals surface area contributed by atoms with Gasteiger partial charge in [-0.1, -0.05) is 24.3 Å². The fourth-order valence-corrected chi connectivity index (χ4v) is 4.01. The Hall–Kier alpha value is -2.04. The van der Waals surface area contributed by atoms with Crippen LogP contribution in [0, 0.1) is 0 Å². The van der Waals surface area contributed by atoms with Crippen molar-refractivity contribution in [2.24, 2.45) is 10.2 Å². The second-order valence-corrected chi connectivity index (χ2v) is 7.47. The molecule has 4 nitrogen and oxygen atoms in total. The highest BCUT2D eigenvalue weighted by molar-refractivity contribution is 5.43. The monoisotopic (exact) mass is 348 g/mol. The van der Waals surface area contributed by atoms with E-state index in [-0.39, 0.29) is 0 Å². The normalized spacial score (nSPS) is 24.0. The summed E-state index contributed by atoms with van der Waals surface area (Å²) in [7, 11) is 0. The van der Waals surface area contributed by atoms with E-state index in [4.69, 9.17) is 0 Å². The van der Waals surface area contributed by atoms with Crippen LogP contribution in [0.15, 0.2) is 58.8 Å². The predicted molar refractivity (Wildman–Crippen MR) is 107 cm³/mol. The summed E-state index contributed by atoms with van der Waals surface area (Å²) in [5.41, 5.74) is 4.64. The minimum atomic E-state index is 0.636. The summed E-state index contributed by atoms with van der Waals surface area (Å²) in [5.74, 6) is 1.27. The molecule has 26 heavy (non-hydrogen) atoms. The lowest BCUT2D eigenvalue weighted by molar-refractivity contribution is 0.461. The first-order chi connectivity index (χ1) is 12.9.